The molecule has 1 aliphatic heterocycles. The van der Waals surface area contributed by atoms with Gasteiger partial charge in [0.2, 0.25) is 0 Å². The third-order valence-electron chi connectivity index (χ3n) is 2.75. The lowest BCUT2D eigenvalue weighted by atomic mass is 10.1. The zero-order valence-corrected chi connectivity index (χ0v) is 8.71. The van der Waals surface area contributed by atoms with E-state index in [1.54, 1.807) is 4.68 Å². The molecule has 3 nitrogen and oxygen atoms in total. The Kier molecular flexibility index (Phi) is 2.73. The van der Waals surface area contributed by atoms with Crippen molar-refractivity contribution in [2.75, 3.05) is 13.1 Å². The van der Waals surface area contributed by atoms with Crippen LogP contribution in [0.15, 0.2) is 12.4 Å². The molecule has 2 rings (SSSR count). The van der Waals surface area contributed by atoms with E-state index in [9.17, 15) is 8.78 Å². The van der Waals surface area contributed by atoms with Crippen molar-refractivity contribution in [3.63, 3.8) is 0 Å². The molecule has 0 amide bonds. The van der Waals surface area contributed by atoms with Gasteiger partial charge in [0, 0.05) is 19.7 Å². The van der Waals surface area contributed by atoms with Crippen LogP contribution in [0.1, 0.15) is 31.4 Å². The molecule has 0 aliphatic carbocycles. The van der Waals surface area contributed by atoms with Crippen LogP contribution in [0.2, 0.25) is 0 Å². The van der Waals surface area contributed by atoms with E-state index in [4.69, 9.17) is 0 Å². The highest BCUT2D eigenvalue weighted by molar-refractivity contribution is 5.11. The number of nitrogens with zero attached hydrogens (tertiary/aromatic N) is 2. The summed E-state index contributed by atoms with van der Waals surface area (Å²) in [4.78, 5) is 0. The maximum Gasteiger partial charge on any atom is 0.273 e. The van der Waals surface area contributed by atoms with Crippen LogP contribution in [0, 0.1) is 0 Å². The fourth-order valence-electron chi connectivity index (χ4n) is 1.82. The molecule has 1 saturated heterocycles. The van der Waals surface area contributed by atoms with Crippen LogP contribution in [0.3, 0.4) is 0 Å². The lowest BCUT2D eigenvalue weighted by molar-refractivity contribution is 0.0173. The second kappa shape index (κ2) is 3.89. The van der Waals surface area contributed by atoms with E-state index in [-0.39, 0.29) is 11.6 Å². The SMILES string of the molecule is CC(F)(F)c1cnn(C2CCCNC2)c1. The molecule has 1 aliphatic rings. The molecule has 1 fully saturated rings. The van der Waals surface area contributed by atoms with Crippen molar-refractivity contribution in [2.45, 2.75) is 31.7 Å². The van der Waals surface area contributed by atoms with Crippen molar-refractivity contribution in [1.29, 1.82) is 0 Å². The van der Waals surface area contributed by atoms with Crippen molar-refractivity contribution < 1.29 is 8.78 Å². The predicted octanol–water partition coefficient (Wildman–Crippen LogP) is 1.92. The van der Waals surface area contributed by atoms with E-state index in [0.717, 1.165) is 32.9 Å². The second-order valence-electron chi connectivity index (χ2n) is 4.10. The molecular weight excluding hydrogens is 200 g/mol. The van der Waals surface area contributed by atoms with E-state index < -0.39 is 5.92 Å². The summed E-state index contributed by atoms with van der Waals surface area (Å²) in [7, 11) is 0. The minimum Gasteiger partial charge on any atom is -0.315 e. The van der Waals surface area contributed by atoms with E-state index in [1.165, 1.54) is 12.4 Å². The normalized spacial score (nSPS) is 23.0. The lowest BCUT2D eigenvalue weighted by Crippen LogP contribution is -2.31. The molecule has 0 spiro atoms. The Morgan fingerprint density at radius 1 is 1.60 bits per heavy atom. The fraction of sp³-hybridized carbons (Fsp3) is 0.700. The summed E-state index contributed by atoms with van der Waals surface area (Å²) in [5.41, 5.74) is -0.00641. The van der Waals surface area contributed by atoms with Gasteiger partial charge in [-0.2, -0.15) is 5.10 Å². The Labute approximate surface area is 87.5 Å². The highest BCUT2D eigenvalue weighted by Gasteiger charge is 2.27. The number of aromatic nitrogens is 2. The van der Waals surface area contributed by atoms with Gasteiger partial charge in [-0.25, -0.2) is 8.78 Å². The van der Waals surface area contributed by atoms with Crippen LogP contribution in [-0.4, -0.2) is 22.9 Å². The van der Waals surface area contributed by atoms with Gasteiger partial charge in [0.15, 0.2) is 0 Å². The quantitative estimate of drug-likeness (QED) is 0.816. The molecule has 5 heteroatoms. The zero-order chi connectivity index (χ0) is 10.9. The van der Waals surface area contributed by atoms with Crippen LogP contribution >= 0.6 is 0 Å². The predicted molar refractivity (Wildman–Crippen MR) is 52.9 cm³/mol. The zero-order valence-electron chi connectivity index (χ0n) is 8.71. The van der Waals surface area contributed by atoms with E-state index >= 15 is 0 Å². The molecule has 1 aromatic heterocycles. The van der Waals surface area contributed by atoms with Crippen molar-refractivity contribution in [3.8, 4) is 0 Å². The Bertz CT molecular complexity index is 324. The van der Waals surface area contributed by atoms with Gasteiger partial charge in [-0.15, -0.1) is 0 Å². The van der Waals surface area contributed by atoms with Gasteiger partial charge in [0.25, 0.3) is 5.92 Å². The topological polar surface area (TPSA) is 29.9 Å². The summed E-state index contributed by atoms with van der Waals surface area (Å²) in [6.45, 7) is 2.72. The van der Waals surface area contributed by atoms with E-state index in [0.29, 0.717) is 0 Å². The van der Waals surface area contributed by atoms with Gasteiger partial charge in [-0.05, 0) is 19.4 Å². The molecular formula is C10H15F2N3. The summed E-state index contributed by atoms with van der Waals surface area (Å²) in [5.74, 6) is -2.79. The summed E-state index contributed by atoms with van der Waals surface area (Å²) < 4.78 is 27.6. The number of nitrogens with one attached hydrogen (secondary N) is 1. The van der Waals surface area contributed by atoms with Gasteiger partial charge in [0.05, 0.1) is 17.8 Å². The Morgan fingerprint density at radius 3 is 2.93 bits per heavy atom. The molecule has 0 radical (unpaired) electrons. The van der Waals surface area contributed by atoms with Gasteiger partial charge in [-0.3, -0.25) is 4.68 Å². The van der Waals surface area contributed by atoms with E-state index in [2.05, 4.69) is 10.4 Å². The second-order valence-corrected chi connectivity index (χ2v) is 4.10. The minimum atomic E-state index is -2.79. The van der Waals surface area contributed by atoms with Crippen LogP contribution in [-0.2, 0) is 5.92 Å². The Morgan fingerprint density at radius 2 is 2.40 bits per heavy atom. The maximum absolute atomic E-state index is 13.0. The number of alkyl halides is 2. The van der Waals surface area contributed by atoms with Crippen LogP contribution in [0.25, 0.3) is 0 Å². The summed E-state index contributed by atoms with van der Waals surface area (Å²) in [6, 6.07) is 0.217. The summed E-state index contributed by atoms with van der Waals surface area (Å²) in [5, 5.41) is 7.24. The smallest absolute Gasteiger partial charge is 0.273 e. The summed E-state index contributed by atoms with van der Waals surface area (Å²) in [6.07, 6.45) is 4.79. The third kappa shape index (κ3) is 2.34. The Hall–Kier alpha value is -0.970. The molecule has 84 valence electrons. The average Bonchev–Trinajstić information content (AvgIpc) is 2.67. The Balaban J connectivity index is 2.12. The van der Waals surface area contributed by atoms with Crippen molar-refractivity contribution in [2.24, 2.45) is 0 Å². The highest BCUT2D eigenvalue weighted by atomic mass is 19.3. The molecule has 1 unspecified atom stereocenters. The average molecular weight is 215 g/mol. The molecule has 0 bridgehead atoms. The number of piperidine rings is 1. The van der Waals surface area contributed by atoms with Crippen molar-refractivity contribution in [3.05, 3.63) is 18.0 Å². The molecule has 0 saturated carbocycles. The first-order valence-electron chi connectivity index (χ1n) is 5.20. The maximum atomic E-state index is 13.0. The van der Waals surface area contributed by atoms with Crippen molar-refractivity contribution in [1.82, 2.24) is 15.1 Å². The van der Waals surface area contributed by atoms with Gasteiger partial charge < -0.3 is 5.32 Å². The molecule has 1 N–H and O–H groups in total. The first-order chi connectivity index (χ1) is 7.07. The summed E-state index contributed by atoms with van der Waals surface area (Å²) >= 11 is 0. The number of hydrogen-bond acceptors (Lipinski definition) is 2. The lowest BCUT2D eigenvalue weighted by Gasteiger charge is -2.23. The van der Waals surface area contributed by atoms with Crippen molar-refractivity contribution >= 4 is 0 Å². The van der Waals surface area contributed by atoms with Crippen LogP contribution in [0.4, 0.5) is 8.78 Å². The number of rotatable bonds is 2. The third-order valence-corrected chi connectivity index (χ3v) is 2.75. The highest BCUT2D eigenvalue weighted by Crippen LogP contribution is 2.27. The standard InChI is InChI=1S/C10H15F2N3/c1-10(11,12)8-5-14-15(7-8)9-3-2-4-13-6-9/h5,7,9,13H,2-4,6H2,1H3. The molecule has 15 heavy (non-hydrogen) atoms. The monoisotopic (exact) mass is 215 g/mol. The largest absolute Gasteiger partial charge is 0.315 e. The molecule has 0 aromatic carbocycles. The first kappa shape index (κ1) is 10.5. The van der Waals surface area contributed by atoms with Gasteiger partial charge in [-0.1, -0.05) is 0 Å². The van der Waals surface area contributed by atoms with Gasteiger partial charge >= 0.3 is 0 Å². The van der Waals surface area contributed by atoms with Gasteiger partial charge in [0.1, 0.15) is 0 Å². The fourth-order valence-corrected chi connectivity index (χ4v) is 1.82. The minimum absolute atomic E-state index is 0.00641. The number of halogens is 2. The first-order valence-corrected chi connectivity index (χ1v) is 5.20. The van der Waals surface area contributed by atoms with Crippen LogP contribution in [0.5, 0.6) is 0 Å². The molecule has 1 aromatic rings. The molecule has 1 atom stereocenters. The van der Waals surface area contributed by atoms with E-state index in [1.807, 2.05) is 0 Å². The molecule has 2 heterocycles. The number of hydrogen-bond donors (Lipinski definition) is 1. The van der Waals surface area contributed by atoms with Crippen LogP contribution < -0.4 is 5.32 Å².